The molecule has 3 saturated heterocycles. The summed E-state index contributed by atoms with van der Waals surface area (Å²) in [6.45, 7) is 6.18. The Hall–Kier alpha value is -5.54. The largest absolute Gasteiger partial charge is 0.370 e. The third-order valence-corrected chi connectivity index (χ3v) is 14.2. The van der Waals surface area contributed by atoms with Gasteiger partial charge in [0.1, 0.15) is 6.04 Å². The molecule has 312 valence electrons. The molecule has 10 rings (SSSR count). The summed E-state index contributed by atoms with van der Waals surface area (Å²) in [5, 5.41) is 3.36. The van der Waals surface area contributed by atoms with Crippen molar-refractivity contribution in [1.82, 2.24) is 34.9 Å². The molecule has 0 bridgehead atoms. The molecule has 2 unspecified atom stereocenters. The Morgan fingerprint density at radius 3 is 2.25 bits per heavy atom. The fourth-order valence-electron chi connectivity index (χ4n) is 10.8. The summed E-state index contributed by atoms with van der Waals surface area (Å²) in [5.74, 6) is -2.14. The van der Waals surface area contributed by atoms with Crippen molar-refractivity contribution < 1.29 is 32.8 Å². The third-order valence-electron chi connectivity index (χ3n) is 14.2. The van der Waals surface area contributed by atoms with Crippen LogP contribution >= 0.6 is 0 Å². The Kier molecular flexibility index (Phi) is 9.58. The lowest BCUT2D eigenvalue weighted by Crippen LogP contribution is -2.54. The molecule has 2 N–H and O–H groups in total. The van der Waals surface area contributed by atoms with E-state index in [-0.39, 0.29) is 47.9 Å². The summed E-state index contributed by atoms with van der Waals surface area (Å²) >= 11 is 0. The van der Waals surface area contributed by atoms with E-state index in [2.05, 4.69) is 32.2 Å². The van der Waals surface area contributed by atoms with Gasteiger partial charge in [-0.3, -0.25) is 49.0 Å². The zero-order valence-electron chi connectivity index (χ0n) is 33.6. The number of H-pyrrole nitrogens is 1. The van der Waals surface area contributed by atoms with Crippen LogP contribution in [0.5, 0.6) is 0 Å². The molecule has 5 amide bonds. The van der Waals surface area contributed by atoms with Crippen molar-refractivity contribution in [2.45, 2.75) is 89.5 Å². The van der Waals surface area contributed by atoms with Crippen molar-refractivity contribution in [3.8, 4) is 0 Å². The van der Waals surface area contributed by atoms with E-state index in [1.807, 2.05) is 42.3 Å². The topological polar surface area (TPSA) is 142 Å². The van der Waals surface area contributed by atoms with Crippen LogP contribution in [-0.4, -0.2) is 117 Å². The number of benzene rings is 2. The molecule has 6 aliphatic rings. The number of halogens is 2. The fraction of sp³-hybridized carbons (Fsp3) is 0.467. The molecule has 1 spiro atoms. The van der Waals surface area contributed by atoms with Gasteiger partial charge in [-0.05, 0) is 111 Å². The van der Waals surface area contributed by atoms with Crippen LogP contribution in [0.1, 0.15) is 100 Å². The third kappa shape index (κ3) is 6.66. The maximum atomic E-state index is 13.9. The molecule has 3 fully saturated rings. The Morgan fingerprint density at radius 2 is 1.60 bits per heavy atom. The van der Waals surface area contributed by atoms with Gasteiger partial charge in [-0.15, -0.1) is 0 Å². The SMILES string of the molecule is C[C@@H]1Cc2c([nH]c3ccccc23)C(c2ccc(N3CCC4(CCN(CC(=O)N5Cc6cc7c(cc6C5)C(=O)N(C5CCC(=O)NC5=O)C7=O)CC4)CC3)cn2)N1CC(F)F. The summed E-state index contributed by atoms with van der Waals surface area (Å²) in [5.41, 5.74) is 7.27. The van der Waals surface area contributed by atoms with E-state index in [9.17, 15) is 32.8 Å². The lowest BCUT2D eigenvalue weighted by atomic mass is 9.71. The van der Waals surface area contributed by atoms with Crippen molar-refractivity contribution in [3.05, 3.63) is 93.9 Å². The van der Waals surface area contributed by atoms with E-state index in [0.29, 0.717) is 26.1 Å². The Bertz CT molecular complexity index is 2370. The van der Waals surface area contributed by atoms with Crippen LogP contribution < -0.4 is 10.2 Å². The van der Waals surface area contributed by atoms with E-state index < -0.39 is 42.1 Å². The monoisotopic (exact) mass is 818 g/mol. The number of fused-ring (bicyclic) bond motifs is 5. The van der Waals surface area contributed by atoms with Gasteiger partial charge in [0.2, 0.25) is 17.7 Å². The van der Waals surface area contributed by atoms with E-state index in [1.54, 1.807) is 17.0 Å². The lowest BCUT2D eigenvalue weighted by molar-refractivity contribution is -0.136. The van der Waals surface area contributed by atoms with Gasteiger partial charge in [-0.25, -0.2) is 8.78 Å². The molecular weight excluding hydrogens is 771 g/mol. The van der Waals surface area contributed by atoms with Crippen molar-refractivity contribution in [3.63, 3.8) is 0 Å². The summed E-state index contributed by atoms with van der Waals surface area (Å²) in [6.07, 6.45) is 4.42. The number of carbonyl (C=O) groups excluding carboxylic acids is 5. The predicted octanol–water partition coefficient (Wildman–Crippen LogP) is 4.79. The quantitative estimate of drug-likeness (QED) is 0.252. The molecule has 3 atom stereocenters. The summed E-state index contributed by atoms with van der Waals surface area (Å²) in [4.78, 5) is 82.0. The standard InChI is InChI=1S/C45H48F2N8O5/c1-26-18-31-30-4-2-3-5-34(30)49-40(31)41(54(26)24-37(46)47)35-7-6-29(21-48-35)52-16-12-45(13-17-52)10-14-51(15-11-45)25-39(57)53-22-27-19-32-33(20-28(27)23-53)44(60)55(43(32)59)36-8-9-38(56)50-42(36)58/h2-7,19-21,26,36-37,41,49H,8-18,22-25H2,1H3,(H,50,56,58)/t26-,36?,41?/m1/s1. The first-order valence-electron chi connectivity index (χ1n) is 21.2. The number of nitrogens with one attached hydrogen (secondary N) is 2. The van der Waals surface area contributed by atoms with Crippen LogP contribution in [0.4, 0.5) is 14.5 Å². The molecule has 15 heteroatoms. The molecule has 2 aromatic heterocycles. The number of nitrogens with zero attached hydrogens (tertiary/aromatic N) is 6. The van der Waals surface area contributed by atoms with Gasteiger partial charge in [-0.1, -0.05) is 18.2 Å². The van der Waals surface area contributed by atoms with Gasteiger partial charge >= 0.3 is 0 Å². The van der Waals surface area contributed by atoms with Crippen molar-refractivity contribution in [2.24, 2.45) is 5.41 Å². The normalized spacial score (nSPS) is 24.4. The molecule has 0 radical (unpaired) electrons. The molecule has 8 heterocycles. The average molecular weight is 819 g/mol. The van der Waals surface area contributed by atoms with Gasteiger partial charge in [-0.2, -0.15) is 0 Å². The number of amides is 5. The van der Waals surface area contributed by atoms with Crippen LogP contribution in [0.2, 0.25) is 0 Å². The second kappa shape index (κ2) is 14.9. The number of aromatic nitrogens is 2. The number of hydrogen-bond acceptors (Lipinski definition) is 9. The number of hydrogen-bond donors (Lipinski definition) is 2. The van der Waals surface area contributed by atoms with Crippen molar-refractivity contribution in [2.75, 3.05) is 44.2 Å². The number of imide groups is 2. The first kappa shape index (κ1) is 38.6. The smallest absolute Gasteiger partial charge is 0.262 e. The van der Waals surface area contributed by atoms with Crippen molar-refractivity contribution in [1.29, 1.82) is 0 Å². The number of carbonyl (C=O) groups is 5. The molecule has 13 nitrogen and oxygen atoms in total. The second-order valence-electron chi connectivity index (χ2n) is 17.7. The Balaban J connectivity index is 0.735. The van der Waals surface area contributed by atoms with Gasteiger partial charge in [0.15, 0.2) is 0 Å². The second-order valence-corrected chi connectivity index (χ2v) is 17.7. The number of anilines is 1. The highest BCUT2D eigenvalue weighted by Gasteiger charge is 2.46. The van der Waals surface area contributed by atoms with Gasteiger partial charge < -0.3 is 14.8 Å². The summed E-state index contributed by atoms with van der Waals surface area (Å²) in [6, 6.07) is 14.1. The van der Waals surface area contributed by atoms with E-state index >= 15 is 0 Å². The minimum Gasteiger partial charge on any atom is -0.370 e. The fourth-order valence-corrected chi connectivity index (χ4v) is 10.8. The maximum Gasteiger partial charge on any atom is 0.262 e. The molecule has 4 aromatic rings. The van der Waals surface area contributed by atoms with Gasteiger partial charge in [0, 0.05) is 55.2 Å². The lowest BCUT2D eigenvalue weighted by Gasteiger charge is -2.47. The highest BCUT2D eigenvalue weighted by molar-refractivity contribution is 6.23. The van der Waals surface area contributed by atoms with Gasteiger partial charge in [0.05, 0.1) is 47.8 Å². The number of aromatic amines is 1. The molecule has 0 aliphatic carbocycles. The minimum atomic E-state index is -2.45. The predicted molar refractivity (Wildman–Crippen MR) is 217 cm³/mol. The van der Waals surface area contributed by atoms with Gasteiger partial charge in [0.25, 0.3) is 18.2 Å². The first-order chi connectivity index (χ1) is 28.9. The van der Waals surface area contributed by atoms with Crippen LogP contribution in [0, 0.1) is 5.41 Å². The number of rotatable bonds is 7. The molecule has 60 heavy (non-hydrogen) atoms. The zero-order chi connectivity index (χ0) is 41.4. The van der Waals surface area contributed by atoms with Crippen LogP contribution in [0.25, 0.3) is 10.9 Å². The van der Waals surface area contributed by atoms with Crippen LogP contribution in [0.15, 0.2) is 54.7 Å². The highest BCUT2D eigenvalue weighted by atomic mass is 19.3. The van der Waals surface area contributed by atoms with Crippen LogP contribution in [0.3, 0.4) is 0 Å². The minimum absolute atomic E-state index is 0.0108. The molecular formula is C45H48F2N8O5. The number of alkyl halides is 2. The first-order valence-corrected chi connectivity index (χ1v) is 21.2. The van der Waals surface area contributed by atoms with Crippen molar-refractivity contribution >= 4 is 46.1 Å². The summed E-state index contributed by atoms with van der Waals surface area (Å²) in [7, 11) is 0. The van der Waals surface area contributed by atoms with E-state index in [4.69, 9.17) is 4.98 Å². The van der Waals surface area contributed by atoms with Crippen LogP contribution in [-0.2, 0) is 33.9 Å². The molecule has 2 aromatic carbocycles. The molecule has 6 aliphatic heterocycles. The van der Waals surface area contributed by atoms with E-state index in [0.717, 1.165) is 95.9 Å². The number of pyridine rings is 1. The Morgan fingerprint density at radius 1 is 0.917 bits per heavy atom. The summed E-state index contributed by atoms with van der Waals surface area (Å²) < 4.78 is 27.8. The maximum absolute atomic E-state index is 13.9. The highest BCUT2D eigenvalue weighted by Crippen LogP contribution is 2.44. The Labute approximate surface area is 346 Å². The average Bonchev–Trinajstić information content (AvgIpc) is 3.90. The number of piperidine rings is 3. The number of likely N-dealkylation sites (tertiary alicyclic amines) is 1. The van der Waals surface area contributed by atoms with E-state index in [1.165, 1.54) is 5.56 Å². The number of para-hydroxylation sites is 1. The molecule has 0 saturated carbocycles. The zero-order valence-corrected chi connectivity index (χ0v) is 33.6.